The fourth-order valence-electron chi connectivity index (χ4n) is 5.86. The first-order valence-electron chi connectivity index (χ1n) is 12.5. The maximum Gasteiger partial charge on any atom is 0.355 e. The molecule has 1 saturated heterocycles. The molecule has 2 aliphatic carbocycles. The van der Waals surface area contributed by atoms with Gasteiger partial charge < -0.3 is 14.8 Å². The predicted octanol–water partition coefficient (Wildman–Crippen LogP) is 2.14. The number of amides is 2. The van der Waals surface area contributed by atoms with Gasteiger partial charge in [-0.15, -0.1) is 4.36 Å². The molecule has 2 amide bonds. The summed E-state index contributed by atoms with van der Waals surface area (Å²) in [7, 11) is -2.04. The minimum absolute atomic E-state index is 0.0376. The van der Waals surface area contributed by atoms with Gasteiger partial charge in [-0.1, -0.05) is 0 Å². The highest BCUT2D eigenvalue weighted by molar-refractivity contribution is 7.92. The number of nitrogens with zero attached hydrogens (tertiary/aromatic N) is 5. The predicted molar refractivity (Wildman–Crippen MR) is 131 cm³/mol. The van der Waals surface area contributed by atoms with Gasteiger partial charge in [-0.2, -0.15) is 10.4 Å². The summed E-state index contributed by atoms with van der Waals surface area (Å²) in [6.45, 7) is 2.45. The van der Waals surface area contributed by atoms with Crippen molar-refractivity contribution in [2.24, 2.45) is 4.36 Å². The van der Waals surface area contributed by atoms with Crippen molar-refractivity contribution in [3.63, 3.8) is 0 Å². The lowest BCUT2D eigenvalue weighted by molar-refractivity contribution is -0.0687. The summed E-state index contributed by atoms with van der Waals surface area (Å²) in [5, 5.41) is 16.4. The van der Waals surface area contributed by atoms with E-state index in [1.165, 1.54) is 6.20 Å². The second kappa shape index (κ2) is 9.27. The number of halogens is 1. The number of likely N-dealkylation sites (tertiary alicyclic amines) is 1. The summed E-state index contributed by atoms with van der Waals surface area (Å²) in [5.74, 6) is 0.0655. The minimum Gasteiger partial charge on any atom is -0.475 e. The molecule has 37 heavy (non-hydrogen) atoms. The van der Waals surface area contributed by atoms with Gasteiger partial charge in [0.2, 0.25) is 5.88 Å². The number of nitrogens with one attached hydrogen (secondary N) is 2. The molecule has 4 aliphatic rings. The minimum atomic E-state index is -3.73. The van der Waals surface area contributed by atoms with Crippen LogP contribution in [0.3, 0.4) is 0 Å². The lowest BCUT2D eigenvalue weighted by Gasteiger charge is -2.44. The standard InChI is InChI=1S/C24H28FN7O4S/c1-35-15-10-31(11-15)14-9-32-23(36-12-14)20(8-27-32)37(34,28-13-26)30-24(33)29-22-18-6-2-4-16(18)21(25)17-5-3-7-19(17)22/h8,14-15H,2-7,9-12H2,1H3,(H2,28,29,30,33,34)/t14-,37-/m0/s1. The number of ether oxygens (including phenoxy) is 2. The van der Waals surface area contributed by atoms with Gasteiger partial charge >= 0.3 is 6.03 Å². The maximum atomic E-state index is 15.0. The summed E-state index contributed by atoms with van der Waals surface area (Å²) < 4.78 is 47.8. The molecular formula is C24H28FN7O4S. The van der Waals surface area contributed by atoms with E-state index in [0.717, 1.165) is 37.1 Å². The fourth-order valence-corrected chi connectivity index (χ4v) is 7.11. The Kier molecular flexibility index (Phi) is 6.05. The quantitative estimate of drug-likeness (QED) is 0.448. The Bertz CT molecular complexity index is 1400. The third-order valence-corrected chi connectivity index (χ3v) is 9.44. The Morgan fingerprint density at radius 1 is 1.22 bits per heavy atom. The molecule has 2 aromatic rings. The second-order valence-corrected chi connectivity index (χ2v) is 11.7. The van der Waals surface area contributed by atoms with Gasteiger partial charge in [0.15, 0.2) is 21.0 Å². The third-order valence-electron chi connectivity index (χ3n) is 7.78. The zero-order chi connectivity index (χ0) is 25.7. The zero-order valence-corrected chi connectivity index (χ0v) is 21.3. The van der Waals surface area contributed by atoms with Crippen LogP contribution in [0.15, 0.2) is 15.5 Å². The summed E-state index contributed by atoms with van der Waals surface area (Å²) in [6.07, 6.45) is 7.39. The van der Waals surface area contributed by atoms with Crippen molar-refractivity contribution in [2.45, 2.75) is 62.1 Å². The molecule has 3 heterocycles. The van der Waals surface area contributed by atoms with Crippen molar-refractivity contribution in [3.05, 3.63) is 34.3 Å². The van der Waals surface area contributed by atoms with Gasteiger partial charge in [0.1, 0.15) is 12.4 Å². The highest BCUT2D eigenvalue weighted by Crippen LogP contribution is 2.41. The van der Waals surface area contributed by atoms with Gasteiger partial charge in [-0.05, 0) is 60.8 Å². The van der Waals surface area contributed by atoms with E-state index in [1.54, 1.807) is 18.0 Å². The number of benzene rings is 1. The van der Waals surface area contributed by atoms with Gasteiger partial charge in [-0.25, -0.2) is 22.8 Å². The molecule has 1 fully saturated rings. The van der Waals surface area contributed by atoms with Crippen LogP contribution < -0.4 is 14.8 Å². The number of urea groups is 1. The molecule has 0 unspecified atom stereocenters. The molecule has 0 spiro atoms. The lowest BCUT2D eigenvalue weighted by atomic mass is 9.98. The van der Waals surface area contributed by atoms with Crippen LogP contribution in [0.4, 0.5) is 14.9 Å². The number of rotatable bonds is 5. The number of fused-ring (bicyclic) bond motifs is 3. The smallest absolute Gasteiger partial charge is 0.355 e. The van der Waals surface area contributed by atoms with Crippen LogP contribution in [-0.4, -0.2) is 63.9 Å². The summed E-state index contributed by atoms with van der Waals surface area (Å²) >= 11 is 0. The van der Waals surface area contributed by atoms with Crippen molar-refractivity contribution in [1.82, 2.24) is 19.4 Å². The molecule has 1 aromatic carbocycles. The molecule has 13 heteroatoms. The van der Waals surface area contributed by atoms with Crippen LogP contribution in [0.25, 0.3) is 0 Å². The Hall–Kier alpha value is -3.21. The van der Waals surface area contributed by atoms with Crippen molar-refractivity contribution >= 4 is 21.6 Å². The summed E-state index contributed by atoms with van der Waals surface area (Å²) in [4.78, 5) is 15.4. The number of methoxy groups -OCH3 is 1. The van der Waals surface area contributed by atoms with E-state index in [0.29, 0.717) is 55.6 Å². The first kappa shape index (κ1) is 24.1. The number of anilines is 1. The highest BCUT2D eigenvalue weighted by Gasteiger charge is 2.37. The zero-order valence-electron chi connectivity index (χ0n) is 20.5. The van der Waals surface area contributed by atoms with Crippen LogP contribution in [0.1, 0.15) is 35.1 Å². The number of carbonyl (C=O) groups excluding carboxylic acids is 1. The second-order valence-electron chi connectivity index (χ2n) is 9.84. The van der Waals surface area contributed by atoms with E-state index in [1.807, 2.05) is 0 Å². The molecule has 6 rings (SSSR count). The molecule has 0 radical (unpaired) electrons. The van der Waals surface area contributed by atoms with E-state index in [2.05, 4.69) is 24.4 Å². The highest BCUT2D eigenvalue weighted by atomic mass is 32.2. The molecule has 1 aromatic heterocycles. The van der Waals surface area contributed by atoms with E-state index in [4.69, 9.17) is 9.47 Å². The van der Waals surface area contributed by atoms with Gasteiger partial charge in [0.05, 0.1) is 24.9 Å². The Morgan fingerprint density at radius 2 is 1.89 bits per heavy atom. The normalized spacial score (nSPS) is 22.0. The van der Waals surface area contributed by atoms with Gasteiger partial charge in [0, 0.05) is 25.9 Å². The van der Waals surface area contributed by atoms with Gasteiger partial charge in [0.25, 0.3) is 0 Å². The van der Waals surface area contributed by atoms with Crippen molar-refractivity contribution in [2.75, 3.05) is 32.1 Å². The van der Waals surface area contributed by atoms with Crippen LogP contribution in [0.5, 0.6) is 5.88 Å². The number of carbonyl (C=O) groups is 1. The SMILES string of the molecule is COC1CN([C@@H]2COc3c([S@@](=O)(=NC(=O)Nc4c5c(c(F)c6c4CCC6)CCC5)NC#N)cnn3C2)C1. The first-order valence-corrected chi connectivity index (χ1v) is 14.0. The van der Waals surface area contributed by atoms with Crippen LogP contribution in [-0.2, 0) is 46.9 Å². The van der Waals surface area contributed by atoms with Crippen LogP contribution in [0.2, 0.25) is 0 Å². The number of nitriles is 1. The lowest BCUT2D eigenvalue weighted by Crippen LogP contribution is -2.59. The molecule has 0 saturated carbocycles. The molecular weight excluding hydrogens is 501 g/mol. The molecule has 2 N–H and O–H groups in total. The average Bonchev–Trinajstić information content (AvgIpc) is 3.60. The van der Waals surface area contributed by atoms with Crippen LogP contribution >= 0.6 is 0 Å². The fraction of sp³-hybridized carbons (Fsp3) is 0.542. The van der Waals surface area contributed by atoms with E-state index in [-0.39, 0.29) is 28.7 Å². The van der Waals surface area contributed by atoms with Crippen molar-refractivity contribution in [1.29, 1.82) is 5.26 Å². The van der Waals surface area contributed by atoms with Crippen molar-refractivity contribution < 1.29 is 22.9 Å². The average molecular weight is 530 g/mol. The Balaban J connectivity index is 1.29. The molecule has 2 aliphatic heterocycles. The molecule has 196 valence electrons. The molecule has 0 bridgehead atoms. The molecule has 2 atom stereocenters. The van der Waals surface area contributed by atoms with E-state index < -0.39 is 15.9 Å². The molecule has 11 nitrogen and oxygen atoms in total. The number of hydrogen-bond donors (Lipinski definition) is 2. The largest absolute Gasteiger partial charge is 0.475 e. The maximum absolute atomic E-state index is 15.0. The topological polar surface area (TPSA) is 134 Å². The summed E-state index contributed by atoms with van der Waals surface area (Å²) in [6, 6.07) is -0.795. The van der Waals surface area contributed by atoms with Gasteiger partial charge in [-0.3, -0.25) is 4.90 Å². The summed E-state index contributed by atoms with van der Waals surface area (Å²) in [5.41, 5.74) is 3.47. The van der Waals surface area contributed by atoms with Crippen molar-refractivity contribution in [3.8, 4) is 12.1 Å². The Morgan fingerprint density at radius 3 is 2.54 bits per heavy atom. The number of aromatic nitrogens is 2. The Labute approximate surface area is 214 Å². The first-order chi connectivity index (χ1) is 17.9. The monoisotopic (exact) mass is 529 g/mol. The van der Waals surface area contributed by atoms with E-state index in [9.17, 15) is 18.7 Å². The van der Waals surface area contributed by atoms with Crippen LogP contribution in [0, 0.1) is 17.3 Å². The number of hydrogen-bond acceptors (Lipinski definition) is 7. The third kappa shape index (κ3) is 4.03. The van der Waals surface area contributed by atoms with E-state index >= 15 is 0 Å².